The summed E-state index contributed by atoms with van der Waals surface area (Å²) < 4.78 is 15.7. The van der Waals surface area contributed by atoms with Crippen molar-refractivity contribution in [2.24, 2.45) is 0 Å². The van der Waals surface area contributed by atoms with E-state index in [9.17, 15) is 4.79 Å². The Kier molecular flexibility index (Phi) is 6.77. The lowest BCUT2D eigenvalue weighted by Gasteiger charge is -2.13. The maximum absolute atomic E-state index is 12.2. The van der Waals surface area contributed by atoms with Gasteiger partial charge in [0, 0.05) is 24.1 Å². The van der Waals surface area contributed by atoms with Crippen molar-refractivity contribution in [2.45, 2.75) is 6.42 Å². The van der Waals surface area contributed by atoms with E-state index in [1.807, 2.05) is 12.1 Å². The second-order valence-corrected chi connectivity index (χ2v) is 5.57. The van der Waals surface area contributed by atoms with Crippen molar-refractivity contribution >= 4 is 28.9 Å². The molecule has 2 aromatic rings. The summed E-state index contributed by atoms with van der Waals surface area (Å²) in [5.74, 6) is 1.78. The number of hydrogen-bond donors (Lipinski definition) is 2. The summed E-state index contributed by atoms with van der Waals surface area (Å²) in [7, 11) is 4.72. The highest BCUT2D eigenvalue weighted by Crippen LogP contribution is 2.29. The normalized spacial score (nSPS) is 10.1. The van der Waals surface area contributed by atoms with Crippen LogP contribution < -0.4 is 24.8 Å². The summed E-state index contributed by atoms with van der Waals surface area (Å²) in [5, 5.41) is 6.49. The van der Waals surface area contributed by atoms with Crippen LogP contribution in [0.3, 0.4) is 0 Å². The van der Waals surface area contributed by atoms with E-state index in [0.29, 0.717) is 34.5 Å². The third kappa shape index (κ3) is 5.19. The van der Waals surface area contributed by atoms with Crippen LogP contribution in [0.5, 0.6) is 17.2 Å². The Hall–Kier alpha value is -2.60. The van der Waals surface area contributed by atoms with E-state index in [0.717, 1.165) is 5.69 Å². The largest absolute Gasteiger partial charge is 0.497 e. The smallest absolute Gasteiger partial charge is 0.226 e. The first-order chi connectivity index (χ1) is 12.1. The molecule has 0 unspecified atom stereocenters. The third-order valence-electron chi connectivity index (χ3n) is 3.51. The predicted octanol–water partition coefficient (Wildman–Crippen LogP) is 3.81. The van der Waals surface area contributed by atoms with Gasteiger partial charge < -0.3 is 24.8 Å². The molecule has 0 atom stereocenters. The van der Waals surface area contributed by atoms with Gasteiger partial charge in [0.1, 0.15) is 17.2 Å². The van der Waals surface area contributed by atoms with Gasteiger partial charge in [-0.25, -0.2) is 0 Å². The van der Waals surface area contributed by atoms with Crippen molar-refractivity contribution in [1.82, 2.24) is 0 Å². The van der Waals surface area contributed by atoms with Crippen LogP contribution in [-0.2, 0) is 4.79 Å². The molecular weight excluding hydrogens is 344 g/mol. The molecule has 7 heteroatoms. The molecule has 0 saturated heterocycles. The lowest BCUT2D eigenvalue weighted by molar-refractivity contribution is -0.116. The van der Waals surface area contributed by atoms with Crippen molar-refractivity contribution in [2.75, 3.05) is 38.5 Å². The summed E-state index contributed by atoms with van der Waals surface area (Å²) >= 11 is 5.96. The molecule has 1 amide bonds. The molecule has 2 aromatic carbocycles. The average Bonchev–Trinajstić information content (AvgIpc) is 2.61. The van der Waals surface area contributed by atoms with Gasteiger partial charge in [-0.2, -0.15) is 0 Å². The van der Waals surface area contributed by atoms with E-state index in [-0.39, 0.29) is 12.3 Å². The molecule has 0 aliphatic rings. The summed E-state index contributed by atoms with van der Waals surface area (Å²) in [6.45, 7) is 0.429. The maximum Gasteiger partial charge on any atom is 0.226 e. The van der Waals surface area contributed by atoms with E-state index < -0.39 is 0 Å². The zero-order valence-electron chi connectivity index (χ0n) is 14.4. The Morgan fingerprint density at radius 3 is 2.32 bits per heavy atom. The number of hydrogen-bond acceptors (Lipinski definition) is 5. The molecule has 0 aliphatic heterocycles. The number of halogens is 1. The van der Waals surface area contributed by atoms with E-state index in [2.05, 4.69) is 10.6 Å². The van der Waals surface area contributed by atoms with Crippen molar-refractivity contribution in [3.8, 4) is 17.2 Å². The van der Waals surface area contributed by atoms with E-state index in [1.165, 1.54) is 7.11 Å². The number of amides is 1. The fourth-order valence-corrected chi connectivity index (χ4v) is 2.43. The molecule has 25 heavy (non-hydrogen) atoms. The van der Waals surface area contributed by atoms with Gasteiger partial charge in [-0.3, -0.25) is 4.79 Å². The van der Waals surface area contributed by atoms with Crippen LogP contribution >= 0.6 is 11.6 Å². The average molecular weight is 365 g/mol. The Balaban J connectivity index is 1.94. The van der Waals surface area contributed by atoms with Gasteiger partial charge in [0.05, 0.1) is 32.7 Å². The molecule has 0 aromatic heterocycles. The lowest BCUT2D eigenvalue weighted by Crippen LogP contribution is -2.17. The number of nitrogens with one attached hydrogen (secondary N) is 2. The Labute approximate surface area is 152 Å². The second-order valence-electron chi connectivity index (χ2n) is 5.14. The monoisotopic (exact) mass is 364 g/mol. The van der Waals surface area contributed by atoms with Crippen LogP contribution in [-0.4, -0.2) is 33.8 Å². The molecule has 134 valence electrons. The van der Waals surface area contributed by atoms with Crippen LogP contribution in [0.2, 0.25) is 5.02 Å². The van der Waals surface area contributed by atoms with Crippen molar-refractivity contribution < 1.29 is 19.0 Å². The molecule has 0 heterocycles. The fraction of sp³-hybridized carbons (Fsp3) is 0.278. The molecule has 6 nitrogen and oxygen atoms in total. The predicted molar refractivity (Wildman–Crippen MR) is 99.3 cm³/mol. The number of benzene rings is 2. The van der Waals surface area contributed by atoms with Gasteiger partial charge in [-0.1, -0.05) is 11.6 Å². The highest BCUT2D eigenvalue weighted by atomic mass is 35.5. The highest BCUT2D eigenvalue weighted by Gasteiger charge is 2.09. The topological polar surface area (TPSA) is 68.8 Å². The molecule has 0 aliphatic carbocycles. The van der Waals surface area contributed by atoms with E-state index in [1.54, 1.807) is 38.5 Å². The van der Waals surface area contributed by atoms with Crippen LogP contribution in [0.1, 0.15) is 6.42 Å². The molecule has 0 bridgehead atoms. The second kappa shape index (κ2) is 9.03. The van der Waals surface area contributed by atoms with Gasteiger partial charge in [-0.05, 0) is 30.3 Å². The van der Waals surface area contributed by atoms with Crippen LogP contribution in [0, 0.1) is 0 Å². The number of rotatable bonds is 8. The first-order valence-corrected chi connectivity index (χ1v) is 8.04. The zero-order valence-corrected chi connectivity index (χ0v) is 15.1. The van der Waals surface area contributed by atoms with Crippen LogP contribution in [0.4, 0.5) is 11.4 Å². The SMILES string of the molecule is COc1ccc(OC)c(NCCC(=O)Nc2cc(Cl)ccc2OC)c1. The molecule has 2 rings (SSSR count). The maximum atomic E-state index is 12.2. The number of carbonyl (C=O) groups is 1. The summed E-state index contributed by atoms with van der Waals surface area (Å²) in [4.78, 5) is 12.2. The standard InChI is InChI=1S/C18H21ClN2O4/c1-23-13-5-7-16(24-2)14(11-13)20-9-8-18(22)21-15-10-12(19)4-6-17(15)25-3/h4-7,10-11,20H,8-9H2,1-3H3,(H,21,22). The Morgan fingerprint density at radius 1 is 0.960 bits per heavy atom. The minimum absolute atomic E-state index is 0.157. The molecule has 2 N–H and O–H groups in total. The zero-order chi connectivity index (χ0) is 18.2. The van der Waals surface area contributed by atoms with Crippen LogP contribution in [0.25, 0.3) is 0 Å². The quantitative estimate of drug-likeness (QED) is 0.745. The Morgan fingerprint density at radius 2 is 1.64 bits per heavy atom. The van der Waals surface area contributed by atoms with Gasteiger partial charge in [0.2, 0.25) is 5.91 Å². The summed E-state index contributed by atoms with van der Waals surface area (Å²) in [6.07, 6.45) is 0.260. The number of carbonyl (C=O) groups excluding carboxylic acids is 1. The van der Waals surface area contributed by atoms with Crippen molar-refractivity contribution in [3.05, 3.63) is 41.4 Å². The molecule has 0 fully saturated rings. The first kappa shape index (κ1) is 18.7. The lowest BCUT2D eigenvalue weighted by atomic mass is 10.2. The van der Waals surface area contributed by atoms with Gasteiger partial charge in [0.25, 0.3) is 0 Å². The molecule has 0 saturated carbocycles. The number of anilines is 2. The molecular formula is C18H21ClN2O4. The Bertz CT molecular complexity index is 737. The van der Waals surface area contributed by atoms with E-state index in [4.69, 9.17) is 25.8 Å². The number of methoxy groups -OCH3 is 3. The minimum Gasteiger partial charge on any atom is -0.497 e. The summed E-state index contributed by atoms with van der Waals surface area (Å²) in [6, 6.07) is 10.5. The molecule has 0 spiro atoms. The molecule has 0 radical (unpaired) electrons. The van der Waals surface area contributed by atoms with Crippen LogP contribution in [0.15, 0.2) is 36.4 Å². The van der Waals surface area contributed by atoms with Gasteiger partial charge >= 0.3 is 0 Å². The minimum atomic E-state index is -0.157. The third-order valence-corrected chi connectivity index (χ3v) is 3.74. The fourth-order valence-electron chi connectivity index (χ4n) is 2.25. The van der Waals surface area contributed by atoms with Gasteiger partial charge in [-0.15, -0.1) is 0 Å². The highest BCUT2D eigenvalue weighted by molar-refractivity contribution is 6.31. The number of ether oxygens (including phenoxy) is 3. The van der Waals surface area contributed by atoms with Gasteiger partial charge in [0.15, 0.2) is 0 Å². The van der Waals surface area contributed by atoms with Crippen molar-refractivity contribution in [1.29, 1.82) is 0 Å². The van der Waals surface area contributed by atoms with E-state index >= 15 is 0 Å². The first-order valence-electron chi connectivity index (χ1n) is 7.66. The summed E-state index contributed by atoms with van der Waals surface area (Å²) in [5.41, 5.74) is 1.30. The van der Waals surface area contributed by atoms with Crippen molar-refractivity contribution in [3.63, 3.8) is 0 Å².